The lowest BCUT2D eigenvalue weighted by atomic mass is 9.67. The second-order valence-corrected chi connectivity index (χ2v) is 13.6. The van der Waals surface area contributed by atoms with Crippen LogP contribution in [0.1, 0.15) is 88.3 Å². The third kappa shape index (κ3) is 8.24. The van der Waals surface area contributed by atoms with Gasteiger partial charge in [-0.2, -0.15) is 5.10 Å². The highest BCUT2D eigenvalue weighted by Gasteiger charge is 2.31. The van der Waals surface area contributed by atoms with E-state index in [1.807, 2.05) is 41.9 Å². The number of carbonyl (C=O) groups excluding carboxylic acids is 1. The minimum absolute atomic E-state index is 0.177. The van der Waals surface area contributed by atoms with Crippen LogP contribution in [0, 0.1) is 24.7 Å². The molecule has 5 nitrogen and oxygen atoms in total. The molecule has 2 fully saturated rings. The molecule has 2 atom stereocenters. The molecule has 5 rings (SSSR count). The van der Waals surface area contributed by atoms with Crippen LogP contribution >= 0.6 is 34.8 Å². The lowest BCUT2D eigenvalue weighted by Gasteiger charge is -2.39. The molecule has 2 saturated carbocycles. The number of hydrogen-bond donors (Lipinski definition) is 2. The maximum absolute atomic E-state index is 12.6. The van der Waals surface area contributed by atoms with Crippen molar-refractivity contribution in [3.05, 3.63) is 68.8 Å². The Labute approximate surface area is 265 Å². The van der Waals surface area contributed by atoms with E-state index in [2.05, 4.69) is 10.6 Å². The molecule has 0 radical (unpaired) electrons. The van der Waals surface area contributed by atoms with Gasteiger partial charge in [0.2, 0.25) is 0 Å². The van der Waals surface area contributed by atoms with Crippen molar-refractivity contribution in [1.82, 2.24) is 20.4 Å². The summed E-state index contributed by atoms with van der Waals surface area (Å²) < 4.78 is 1.81. The lowest BCUT2D eigenvalue weighted by Crippen LogP contribution is -2.35. The number of hydrogen-bond acceptors (Lipinski definition) is 2. The topological polar surface area (TPSA) is 59.0 Å². The first kappa shape index (κ1) is 31.2. The number of aromatic nitrogens is 2. The van der Waals surface area contributed by atoms with Gasteiger partial charge in [-0.1, -0.05) is 98.3 Å². The number of benzene rings is 2. The highest BCUT2D eigenvalue weighted by Crippen LogP contribution is 2.44. The van der Waals surface area contributed by atoms with E-state index in [9.17, 15) is 4.79 Å². The van der Waals surface area contributed by atoms with Crippen LogP contribution in [0.25, 0.3) is 16.9 Å². The van der Waals surface area contributed by atoms with E-state index >= 15 is 0 Å². The standard InChI is InChI=1S/C34H43Cl3N4O/c1-23-31(40-41(32-16-15-29(36)21-30(32)37)33(23)27-11-13-28(35)14-12-27)22-39-34(42)38-17-6-4-2-3-5-8-24-18-25-9-7-10-26(19-24)20-25/h11-16,21,24-26H,2-10,17-20,22H2,1H3,(H2,38,39,42). The van der Waals surface area contributed by atoms with Crippen molar-refractivity contribution < 1.29 is 4.79 Å². The number of halogens is 3. The Bertz CT molecular complexity index is 1330. The number of carbonyl (C=O) groups is 1. The van der Waals surface area contributed by atoms with Crippen molar-refractivity contribution in [1.29, 1.82) is 0 Å². The van der Waals surface area contributed by atoms with E-state index in [0.717, 1.165) is 53.1 Å². The molecular formula is C34H43Cl3N4O. The van der Waals surface area contributed by atoms with Gasteiger partial charge in [0.1, 0.15) is 0 Å². The first-order valence-corrected chi connectivity index (χ1v) is 16.8. The number of nitrogens with one attached hydrogen (secondary N) is 2. The summed E-state index contributed by atoms with van der Waals surface area (Å²) in [7, 11) is 0. The Hall–Kier alpha value is -2.21. The van der Waals surface area contributed by atoms with Gasteiger partial charge in [0.05, 0.1) is 28.6 Å². The Morgan fingerprint density at radius 2 is 1.57 bits per heavy atom. The van der Waals surface area contributed by atoms with Gasteiger partial charge in [-0.05, 0) is 80.7 Å². The van der Waals surface area contributed by atoms with E-state index in [1.54, 1.807) is 12.1 Å². The summed E-state index contributed by atoms with van der Waals surface area (Å²) in [6.07, 6.45) is 16.5. The second kappa shape index (κ2) is 15.0. The molecule has 0 aliphatic heterocycles. The molecule has 3 aromatic rings. The monoisotopic (exact) mass is 628 g/mol. The van der Waals surface area contributed by atoms with Gasteiger partial charge in [-0.3, -0.25) is 0 Å². The number of unbranched alkanes of at least 4 members (excludes halogenated alkanes) is 4. The van der Waals surface area contributed by atoms with Crippen LogP contribution in [0.4, 0.5) is 4.79 Å². The molecule has 42 heavy (non-hydrogen) atoms. The molecule has 2 N–H and O–H groups in total. The van der Waals surface area contributed by atoms with Crippen molar-refractivity contribution in [3.8, 4) is 16.9 Å². The van der Waals surface area contributed by atoms with Crippen LogP contribution < -0.4 is 10.6 Å². The first-order valence-electron chi connectivity index (χ1n) is 15.7. The van der Waals surface area contributed by atoms with Gasteiger partial charge in [-0.15, -0.1) is 0 Å². The Morgan fingerprint density at radius 1 is 0.881 bits per heavy atom. The van der Waals surface area contributed by atoms with E-state index in [0.29, 0.717) is 33.8 Å². The zero-order valence-corrected chi connectivity index (χ0v) is 26.9. The summed E-state index contributed by atoms with van der Waals surface area (Å²) in [5, 5.41) is 12.5. The van der Waals surface area contributed by atoms with Crippen LogP contribution in [0.15, 0.2) is 42.5 Å². The van der Waals surface area contributed by atoms with E-state index in [1.165, 1.54) is 64.2 Å². The number of rotatable bonds is 12. The zero-order valence-electron chi connectivity index (χ0n) is 24.6. The molecule has 1 heterocycles. The highest BCUT2D eigenvalue weighted by molar-refractivity contribution is 6.35. The Kier molecular flexibility index (Phi) is 11.1. The number of amides is 2. The lowest BCUT2D eigenvalue weighted by molar-refractivity contribution is 0.130. The number of urea groups is 1. The predicted octanol–water partition coefficient (Wildman–Crippen LogP) is 10.2. The third-order valence-corrected chi connectivity index (χ3v) is 9.98. The minimum atomic E-state index is -0.177. The predicted molar refractivity (Wildman–Crippen MR) is 175 cm³/mol. The number of fused-ring (bicyclic) bond motifs is 2. The van der Waals surface area contributed by atoms with Crippen molar-refractivity contribution in [2.24, 2.45) is 17.8 Å². The van der Waals surface area contributed by atoms with Crippen molar-refractivity contribution in [3.63, 3.8) is 0 Å². The van der Waals surface area contributed by atoms with Gasteiger partial charge >= 0.3 is 6.03 Å². The summed E-state index contributed by atoms with van der Waals surface area (Å²) in [6, 6.07) is 12.8. The minimum Gasteiger partial charge on any atom is -0.338 e. The molecule has 1 aromatic heterocycles. The molecule has 8 heteroatoms. The summed E-state index contributed by atoms with van der Waals surface area (Å²) in [4.78, 5) is 12.6. The van der Waals surface area contributed by atoms with Crippen molar-refractivity contribution in [2.45, 2.75) is 90.5 Å². The molecule has 2 aromatic carbocycles. The summed E-state index contributed by atoms with van der Waals surface area (Å²) in [5.74, 6) is 3.05. The fourth-order valence-electron chi connectivity index (χ4n) is 7.11. The number of nitrogens with zero attached hydrogens (tertiary/aromatic N) is 2. The van der Waals surface area contributed by atoms with E-state index < -0.39 is 0 Å². The maximum Gasteiger partial charge on any atom is 0.315 e. The first-order chi connectivity index (χ1) is 20.4. The van der Waals surface area contributed by atoms with Gasteiger partial charge in [0.15, 0.2) is 0 Å². The average Bonchev–Trinajstić information content (AvgIpc) is 3.29. The van der Waals surface area contributed by atoms with Crippen LogP contribution in [0.2, 0.25) is 15.1 Å². The molecule has 2 aliphatic rings. The summed E-state index contributed by atoms with van der Waals surface area (Å²) in [5.41, 5.74) is 4.28. The smallest absolute Gasteiger partial charge is 0.315 e. The molecule has 0 spiro atoms. The van der Waals surface area contributed by atoms with Crippen LogP contribution in [-0.2, 0) is 6.54 Å². The quantitative estimate of drug-likeness (QED) is 0.196. The highest BCUT2D eigenvalue weighted by atomic mass is 35.5. The fourth-order valence-corrected chi connectivity index (χ4v) is 7.72. The molecule has 2 unspecified atom stereocenters. The van der Waals surface area contributed by atoms with Gasteiger partial charge in [0, 0.05) is 27.7 Å². The molecule has 2 bridgehead atoms. The van der Waals surface area contributed by atoms with Crippen molar-refractivity contribution >= 4 is 40.8 Å². The Balaban J connectivity index is 1.07. The largest absolute Gasteiger partial charge is 0.338 e. The van der Waals surface area contributed by atoms with Crippen LogP contribution in [0.5, 0.6) is 0 Å². The van der Waals surface area contributed by atoms with Crippen molar-refractivity contribution in [2.75, 3.05) is 6.54 Å². The fraction of sp³-hybridized carbons (Fsp3) is 0.529. The van der Waals surface area contributed by atoms with Crippen LogP contribution in [-0.4, -0.2) is 22.4 Å². The normalized spacial score (nSPS) is 20.0. The van der Waals surface area contributed by atoms with Gasteiger partial charge in [-0.25, -0.2) is 9.48 Å². The average molecular weight is 630 g/mol. The zero-order chi connectivity index (χ0) is 29.5. The maximum atomic E-state index is 12.6. The van der Waals surface area contributed by atoms with E-state index in [-0.39, 0.29) is 6.03 Å². The molecular weight excluding hydrogens is 587 g/mol. The third-order valence-electron chi connectivity index (χ3n) is 9.19. The van der Waals surface area contributed by atoms with E-state index in [4.69, 9.17) is 39.9 Å². The molecule has 226 valence electrons. The summed E-state index contributed by atoms with van der Waals surface area (Å²) >= 11 is 18.8. The molecule has 0 saturated heterocycles. The SMILES string of the molecule is Cc1c(CNC(=O)NCCCCCCCC2CC3CCCC(C2)C3)nn(-c2ccc(Cl)cc2Cl)c1-c1ccc(Cl)cc1. The van der Waals surface area contributed by atoms with Gasteiger partial charge < -0.3 is 10.6 Å². The summed E-state index contributed by atoms with van der Waals surface area (Å²) in [6.45, 7) is 2.99. The van der Waals surface area contributed by atoms with Crippen LogP contribution in [0.3, 0.4) is 0 Å². The molecule has 2 aliphatic carbocycles. The Morgan fingerprint density at radius 3 is 2.31 bits per heavy atom. The molecule has 2 amide bonds. The second-order valence-electron chi connectivity index (χ2n) is 12.3. The van der Waals surface area contributed by atoms with Gasteiger partial charge in [0.25, 0.3) is 0 Å².